The van der Waals surface area contributed by atoms with E-state index < -0.39 is 0 Å². The van der Waals surface area contributed by atoms with Crippen molar-refractivity contribution in [3.63, 3.8) is 0 Å². The summed E-state index contributed by atoms with van der Waals surface area (Å²) in [6.07, 6.45) is 6.42. The number of nitrogens with one attached hydrogen (secondary N) is 1. The number of primary amides is 1. The van der Waals surface area contributed by atoms with Gasteiger partial charge in [0.05, 0.1) is 5.69 Å². The van der Waals surface area contributed by atoms with Crippen molar-refractivity contribution in [3.8, 4) is 11.3 Å². The number of carbonyl (C=O) groups excluding carboxylic acids is 1. The number of hydrogen-bond acceptors (Lipinski definition) is 4. The molecule has 0 aliphatic rings. The van der Waals surface area contributed by atoms with Crippen molar-refractivity contribution >= 4 is 17.8 Å². The third-order valence-corrected chi connectivity index (χ3v) is 4.01. The molecule has 0 fully saturated rings. The lowest BCUT2D eigenvalue weighted by Gasteiger charge is -2.11. The maximum Gasteiger partial charge on any atom is 0.221 e. The predicted octanol–water partition coefficient (Wildman–Crippen LogP) is 3.69. The van der Waals surface area contributed by atoms with Gasteiger partial charge in [0.15, 0.2) is 0 Å². The van der Waals surface area contributed by atoms with E-state index in [0.29, 0.717) is 6.54 Å². The highest BCUT2D eigenvalue weighted by atomic mass is 16.1. The Morgan fingerprint density at radius 3 is 2.59 bits per heavy atom. The molecule has 2 heterocycles. The van der Waals surface area contributed by atoms with Gasteiger partial charge in [0.1, 0.15) is 5.82 Å². The second-order valence-electron chi connectivity index (χ2n) is 6.07. The zero-order valence-corrected chi connectivity index (χ0v) is 15.0. The number of amides is 1. The van der Waals surface area contributed by atoms with Crippen molar-refractivity contribution in [3.05, 3.63) is 84.2 Å². The number of nitrogens with two attached hydrogens (primary N) is 1. The van der Waals surface area contributed by atoms with Crippen molar-refractivity contribution in [2.24, 2.45) is 5.73 Å². The van der Waals surface area contributed by atoms with E-state index in [1.54, 1.807) is 12.3 Å². The molecule has 136 valence electrons. The molecule has 5 heteroatoms. The lowest BCUT2D eigenvalue weighted by molar-refractivity contribution is -0.117. The second-order valence-corrected chi connectivity index (χ2v) is 6.07. The van der Waals surface area contributed by atoms with Crippen LogP contribution in [0.15, 0.2) is 72.9 Å². The molecule has 0 radical (unpaired) electrons. The van der Waals surface area contributed by atoms with Gasteiger partial charge in [0.25, 0.3) is 0 Å². The number of hydrogen-bond donors (Lipinski definition) is 2. The first-order valence-corrected chi connectivity index (χ1v) is 8.87. The highest BCUT2D eigenvalue weighted by Crippen LogP contribution is 2.23. The van der Waals surface area contributed by atoms with Gasteiger partial charge in [-0.15, -0.1) is 0 Å². The molecule has 0 atom stereocenters. The number of rotatable bonds is 8. The smallest absolute Gasteiger partial charge is 0.221 e. The summed E-state index contributed by atoms with van der Waals surface area (Å²) in [5.41, 5.74) is 9.09. The van der Waals surface area contributed by atoms with Crippen LogP contribution in [-0.2, 0) is 11.2 Å². The van der Waals surface area contributed by atoms with Crippen LogP contribution in [-0.4, -0.2) is 22.4 Å². The lowest BCUT2D eigenvalue weighted by Crippen LogP contribution is -2.09. The number of anilines is 1. The maximum absolute atomic E-state index is 11.0. The summed E-state index contributed by atoms with van der Waals surface area (Å²) in [5.74, 6) is 0.415. The molecule has 0 saturated carbocycles. The van der Waals surface area contributed by atoms with Crippen molar-refractivity contribution in [1.29, 1.82) is 0 Å². The average Bonchev–Trinajstić information content (AvgIpc) is 2.70. The minimum Gasteiger partial charge on any atom is -0.369 e. The first kappa shape index (κ1) is 18.3. The molecule has 0 aliphatic carbocycles. The monoisotopic (exact) mass is 358 g/mol. The molecule has 27 heavy (non-hydrogen) atoms. The third kappa shape index (κ3) is 5.51. The normalized spacial score (nSPS) is 10.8. The molecular weight excluding hydrogens is 336 g/mol. The Labute approximate surface area is 159 Å². The van der Waals surface area contributed by atoms with E-state index in [2.05, 4.69) is 10.3 Å². The van der Waals surface area contributed by atoms with Gasteiger partial charge in [0, 0.05) is 42.4 Å². The maximum atomic E-state index is 11.0. The fourth-order valence-corrected chi connectivity index (χ4v) is 2.67. The van der Waals surface area contributed by atoms with E-state index in [1.807, 2.05) is 66.7 Å². The molecule has 1 amide bonds. The van der Waals surface area contributed by atoms with Crippen LogP contribution in [0.25, 0.3) is 17.3 Å². The summed E-state index contributed by atoms with van der Waals surface area (Å²) in [6, 6.07) is 19.9. The highest BCUT2D eigenvalue weighted by molar-refractivity contribution is 5.77. The zero-order chi connectivity index (χ0) is 18.9. The van der Waals surface area contributed by atoms with Crippen LogP contribution in [0.2, 0.25) is 0 Å². The van der Waals surface area contributed by atoms with Gasteiger partial charge >= 0.3 is 0 Å². The molecule has 0 aliphatic heterocycles. The summed E-state index contributed by atoms with van der Waals surface area (Å²) in [7, 11) is 0. The topological polar surface area (TPSA) is 80.9 Å². The first-order valence-electron chi connectivity index (χ1n) is 8.87. The molecule has 1 aromatic carbocycles. The van der Waals surface area contributed by atoms with Crippen molar-refractivity contribution in [1.82, 2.24) is 9.97 Å². The largest absolute Gasteiger partial charge is 0.369 e. The van der Waals surface area contributed by atoms with Crippen molar-refractivity contribution in [2.45, 2.75) is 12.8 Å². The fourth-order valence-electron chi connectivity index (χ4n) is 2.67. The molecule has 3 N–H and O–H groups in total. The standard InChI is InChI=1S/C22H22N4O/c23-21(27)11-6-9-18-12-13-20(17-7-2-1-3-8-17)26-22(18)25-16-14-19-10-4-5-15-24-19/h1-10,12-13,15H,11,14,16H2,(H2,23,27)(H,25,26). The molecule has 0 saturated heterocycles. The number of benzene rings is 1. The number of carbonyl (C=O) groups is 1. The summed E-state index contributed by atoms with van der Waals surface area (Å²) in [5, 5.41) is 3.39. The van der Waals surface area contributed by atoms with Gasteiger partial charge in [-0.25, -0.2) is 4.98 Å². The van der Waals surface area contributed by atoms with Crippen LogP contribution >= 0.6 is 0 Å². The summed E-state index contributed by atoms with van der Waals surface area (Å²) in [6.45, 7) is 0.707. The van der Waals surface area contributed by atoms with Crippen LogP contribution in [0.3, 0.4) is 0 Å². The minimum absolute atomic E-state index is 0.202. The Balaban J connectivity index is 1.79. The van der Waals surface area contributed by atoms with E-state index in [0.717, 1.165) is 34.8 Å². The molecule has 0 unspecified atom stereocenters. The molecule has 0 bridgehead atoms. The van der Waals surface area contributed by atoms with Crippen LogP contribution in [0.1, 0.15) is 17.7 Å². The highest BCUT2D eigenvalue weighted by Gasteiger charge is 2.06. The molecule has 2 aromatic heterocycles. The van der Waals surface area contributed by atoms with Gasteiger partial charge in [-0.05, 0) is 24.3 Å². The van der Waals surface area contributed by atoms with E-state index in [9.17, 15) is 4.79 Å². The van der Waals surface area contributed by atoms with Gasteiger partial charge in [-0.1, -0.05) is 48.6 Å². The van der Waals surface area contributed by atoms with E-state index in [4.69, 9.17) is 10.7 Å². The molecule has 3 rings (SSSR count). The number of aromatic nitrogens is 2. The average molecular weight is 358 g/mol. The van der Waals surface area contributed by atoms with Crippen molar-refractivity contribution in [2.75, 3.05) is 11.9 Å². The Hall–Kier alpha value is -3.47. The fraction of sp³-hybridized carbons (Fsp3) is 0.136. The Morgan fingerprint density at radius 1 is 1.04 bits per heavy atom. The second kappa shape index (κ2) is 9.29. The van der Waals surface area contributed by atoms with Gasteiger partial charge in [-0.3, -0.25) is 9.78 Å². The quantitative estimate of drug-likeness (QED) is 0.643. The Bertz CT molecular complexity index is 908. The van der Waals surface area contributed by atoms with Crippen LogP contribution in [0.4, 0.5) is 5.82 Å². The minimum atomic E-state index is -0.357. The van der Waals surface area contributed by atoms with Gasteiger partial charge in [0.2, 0.25) is 5.91 Å². The molecule has 5 nitrogen and oxygen atoms in total. The lowest BCUT2D eigenvalue weighted by atomic mass is 10.1. The van der Waals surface area contributed by atoms with Crippen LogP contribution in [0, 0.1) is 0 Å². The molecule has 0 spiro atoms. The van der Waals surface area contributed by atoms with E-state index in [-0.39, 0.29) is 12.3 Å². The van der Waals surface area contributed by atoms with Gasteiger partial charge < -0.3 is 11.1 Å². The van der Waals surface area contributed by atoms with Crippen molar-refractivity contribution < 1.29 is 4.79 Å². The SMILES string of the molecule is NC(=O)CC=Cc1ccc(-c2ccccc2)nc1NCCc1ccccn1. The third-order valence-electron chi connectivity index (χ3n) is 4.01. The summed E-state index contributed by atoms with van der Waals surface area (Å²) >= 11 is 0. The number of nitrogens with zero attached hydrogens (tertiary/aromatic N) is 2. The summed E-state index contributed by atoms with van der Waals surface area (Å²) in [4.78, 5) is 20.1. The number of pyridine rings is 2. The Morgan fingerprint density at radius 2 is 1.85 bits per heavy atom. The Kier molecular flexibility index (Phi) is 6.30. The van der Waals surface area contributed by atoms with E-state index >= 15 is 0 Å². The summed E-state index contributed by atoms with van der Waals surface area (Å²) < 4.78 is 0. The van der Waals surface area contributed by atoms with E-state index in [1.165, 1.54) is 0 Å². The zero-order valence-electron chi connectivity index (χ0n) is 15.0. The van der Waals surface area contributed by atoms with Gasteiger partial charge in [-0.2, -0.15) is 0 Å². The molecular formula is C22H22N4O. The first-order chi connectivity index (χ1) is 13.2. The van der Waals surface area contributed by atoms with Crippen LogP contribution in [0.5, 0.6) is 0 Å². The van der Waals surface area contributed by atoms with Crippen LogP contribution < -0.4 is 11.1 Å². The molecule has 3 aromatic rings. The predicted molar refractivity (Wildman–Crippen MR) is 109 cm³/mol.